The van der Waals surface area contributed by atoms with E-state index in [-0.39, 0.29) is 6.04 Å². The van der Waals surface area contributed by atoms with Crippen molar-refractivity contribution < 1.29 is 0 Å². The third kappa shape index (κ3) is 2.73. The molecule has 2 heterocycles. The number of rotatable bonds is 4. The van der Waals surface area contributed by atoms with Crippen LogP contribution in [0.15, 0.2) is 30.5 Å². The van der Waals surface area contributed by atoms with Gasteiger partial charge in [-0.2, -0.15) is 0 Å². The maximum absolute atomic E-state index is 4.53. The Hall–Kier alpha value is -1.19. The van der Waals surface area contributed by atoms with Crippen LogP contribution in [0.3, 0.4) is 0 Å². The van der Waals surface area contributed by atoms with Crippen LogP contribution in [0.25, 0.3) is 0 Å². The van der Waals surface area contributed by atoms with Crippen LogP contribution in [0.5, 0.6) is 0 Å². The number of thiophene rings is 1. The number of hydrogen-bond acceptors (Lipinski definition) is 3. The highest BCUT2D eigenvalue weighted by Gasteiger charge is 2.17. The summed E-state index contributed by atoms with van der Waals surface area (Å²) in [7, 11) is 0. The highest BCUT2D eigenvalue weighted by molar-refractivity contribution is 7.12. The van der Waals surface area contributed by atoms with E-state index in [0.29, 0.717) is 0 Å². The summed E-state index contributed by atoms with van der Waals surface area (Å²) in [5.41, 5.74) is 2.38. The molecule has 1 atom stereocenters. The van der Waals surface area contributed by atoms with Gasteiger partial charge in [0.2, 0.25) is 0 Å². The fourth-order valence-corrected chi connectivity index (χ4v) is 2.90. The summed E-state index contributed by atoms with van der Waals surface area (Å²) >= 11 is 1.84. The topological polar surface area (TPSA) is 24.9 Å². The predicted octanol–water partition coefficient (Wildman–Crippen LogP) is 3.46. The first-order valence-corrected chi connectivity index (χ1v) is 6.75. The largest absolute Gasteiger partial charge is 0.305 e. The van der Waals surface area contributed by atoms with Crippen LogP contribution in [0.4, 0.5) is 0 Å². The van der Waals surface area contributed by atoms with E-state index in [2.05, 4.69) is 49.3 Å². The van der Waals surface area contributed by atoms with E-state index in [0.717, 1.165) is 12.2 Å². The van der Waals surface area contributed by atoms with Gasteiger partial charge in [-0.25, -0.2) is 0 Å². The van der Waals surface area contributed by atoms with Crippen molar-refractivity contribution in [1.82, 2.24) is 10.3 Å². The lowest BCUT2D eigenvalue weighted by Gasteiger charge is -2.17. The fraction of sp³-hybridized carbons (Fsp3) is 0.357. The number of pyridine rings is 1. The van der Waals surface area contributed by atoms with Crippen molar-refractivity contribution in [3.63, 3.8) is 0 Å². The lowest BCUT2D eigenvalue weighted by Crippen LogP contribution is -2.22. The molecule has 0 aromatic carbocycles. The summed E-state index contributed by atoms with van der Waals surface area (Å²) in [6.07, 6.45) is 1.87. The summed E-state index contributed by atoms with van der Waals surface area (Å²) in [4.78, 5) is 7.21. The zero-order chi connectivity index (χ0) is 12.3. The molecule has 2 aromatic heterocycles. The molecule has 0 radical (unpaired) electrons. The van der Waals surface area contributed by atoms with E-state index < -0.39 is 0 Å². The lowest BCUT2D eigenvalue weighted by atomic mass is 10.1. The Labute approximate surface area is 107 Å². The first-order valence-electron chi connectivity index (χ1n) is 5.93. The minimum atomic E-state index is 0.222. The highest BCUT2D eigenvalue weighted by atomic mass is 32.1. The monoisotopic (exact) mass is 246 g/mol. The zero-order valence-corrected chi connectivity index (χ0v) is 11.3. The molecule has 0 saturated carbocycles. The molecule has 1 N–H and O–H groups in total. The van der Waals surface area contributed by atoms with Gasteiger partial charge < -0.3 is 5.32 Å². The molecule has 2 nitrogen and oxygen atoms in total. The normalized spacial score (nSPS) is 12.6. The van der Waals surface area contributed by atoms with Crippen LogP contribution in [0.1, 0.15) is 34.0 Å². The van der Waals surface area contributed by atoms with Crippen molar-refractivity contribution in [3.8, 4) is 0 Å². The Kier molecular flexibility index (Phi) is 3.92. The van der Waals surface area contributed by atoms with Gasteiger partial charge in [0.1, 0.15) is 0 Å². The molecule has 0 fully saturated rings. The molecule has 2 aromatic rings. The molecule has 0 aliphatic heterocycles. The van der Waals surface area contributed by atoms with Crippen molar-refractivity contribution in [1.29, 1.82) is 0 Å². The standard InChI is InChI=1S/C14H18N2S/c1-4-15-14(12-8-7-11(3)17-12)13-10(2)6-5-9-16-13/h5-9,14-15H,4H2,1-3H3. The van der Waals surface area contributed by atoms with E-state index in [9.17, 15) is 0 Å². The molecule has 0 aliphatic rings. The summed E-state index contributed by atoms with van der Waals surface area (Å²) in [5.74, 6) is 0. The minimum Gasteiger partial charge on any atom is -0.305 e. The van der Waals surface area contributed by atoms with Crippen molar-refractivity contribution in [2.45, 2.75) is 26.8 Å². The molecule has 2 rings (SSSR count). The van der Waals surface area contributed by atoms with Crippen LogP contribution in [-0.4, -0.2) is 11.5 Å². The minimum absolute atomic E-state index is 0.222. The lowest BCUT2D eigenvalue weighted by molar-refractivity contribution is 0.620. The molecular formula is C14H18N2S. The number of aromatic nitrogens is 1. The Morgan fingerprint density at radius 3 is 2.71 bits per heavy atom. The molecule has 0 spiro atoms. The first kappa shape index (κ1) is 12.3. The van der Waals surface area contributed by atoms with Crippen LogP contribution in [-0.2, 0) is 0 Å². The molecule has 3 heteroatoms. The van der Waals surface area contributed by atoms with E-state index in [1.165, 1.54) is 15.3 Å². The van der Waals surface area contributed by atoms with E-state index >= 15 is 0 Å². The number of aryl methyl sites for hydroxylation is 2. The van der Waals surface area contributed by atoms with Crippen molar-refractivity contribution in [2.75, 3.05) is 6.54 Å². The average Bonchev–Trinajstić information content (AvgIpc) is 2.74. The van der Waals surface area contributed by atoms with E-state index in [1.54, 1.807) is 0 Å². The second kappa shape index (κ2) is 5.43. The molecular weight excluding hydrogens is 228 g/mol. The summed E-state index contributed by atoms with van der Waals surface area (Å²) < 4.78 is 0. The van der Waals surface area contributed by atoms with Crippen LogP contribution in [0, 0.1) is 13.8 Å². The summed E-state index contributed by atoms with van der Waals surface area (Å²) in [6, 6.07) is 8.69. The fourth-order valence-electron chi connectivity index (χ4n) is 1.94. The molecule has 0 aliphatic carbocycles. The Morgan fingerprint density at radius 2 is 2.12 bits per heavy atom. The van der Waals surface area contributed by atoms with E-state index in [4.69, 9.17) is 0 Å². The van der Waals surface area contributed by atoms with Gasteiger partial charge in [-0.15, -0.1) is 11.3 Å². The highest BCUT2D eigenvalue weighted by Crippen LogP contribution is 2.28. The van der Waals surface area contributed by atoms with E-state index in [1.807, 2.05) is 23.6 Å². The second-order valence-corrected chi connectivity index (χ2v) is 5.46. The Balaban J connectivity index is 2.39. The molecule has 0 bridgehead atoms. The van der Waals surface area contributed by atoms with Gasteiger partial charge in [0.05, 0.1) is 11.7 Å². The third-order valence-electron chi connectivity index (χ3n) is 2.78. The second-order valence-electron chi connectivity index (χ2n) is 4.14. The molecule has 1 unspecified atom stereocenters. The van der Waals surface area contributed by atoms with Gasteiger partial charge in [-0.05, 0) is 44.2 Å². The van der Waals surface area contributed by atoms with Gasteiger partial charge in [-0.3, -0.25) is 4.98 Å². The number of nitrogens with zero attached hydrogens (tertiary/aromatic N) is 1. The zero-order valence-electron chi connectivity index (χ0n) is 10.5. The number of hydrogen-bond donors (Lipinski definition) is 1. The maximum Gasteiger partial charge on any atom is 0.0847 e. The molecule has 0 saturated heterocycles. The smallest absolute Gasteiger partial charge is 0.0847 e. The van der Waals surface area contributed by atoms with Crippen LogP contribution >= 0.6 is 11.3 Å². The Bertz CT molecular complexity index is 490. The summed E-state index contributed by atoms with van der Waals surface area (Å²) in [5, 5.41) is 3.52. The molecule has 0 amide bonds. The Morgan fingerprint density at radius 1 is 1.29 bits per heavy atom. The molecule has 90 valence electrons. The van der Waals surface area contributed by atoms with Gasteiger partial charge in [0.25, 0.3) is 0 Å². The molecule has 17 heavy (non-hydrogen) atoms. The van der Waals surface area contributed by atoms with Crippen LogP contribution in [0.2, 0.25) is 0 Å². The predicted molar refractivity (Wildman–Crippen MR) is 73.5 cm³/mol. The first-order chi connectivity index (χ1) is 8.22. The third-order valence-corrected chi connectivity index (χ3v) is 3.84. The van der Waals surface area contributed by atoms with Gasteiger partial charge in [0.15, 0.2) is 0 Å². The SMILES string of the molecule is CCNC(c1ccc(C)s1)c1ncccc1C. The van der Waals surface area contributed by atoms with Crippen molar-refractivity contribution in [3.05, 3.63) is 51.5 Å². The van der Waals surface area contributed by atoms with Gasteiger partial charge >= 0.3 is 0 Å². The van der Waals surface area contributed by atoms with Crippen LogP contribution < -0.4 is 5.32 Å². The van der Waals surface area contributed by atoms with Gasteiger partial charge in [-0.1, -0.05) is 13.0 Å². The maximum atomic E-state index is 4.53. The van der Waals surface area contributed by atoms with Crippen molar-refractivity contribution in [2.24, 2.45) is 0 Å². The van der Waals surface area contributed by atoms with Gasteiger partial charge in [0, 0.05) is 16.0 Å². The van der Waals surface area contributed by atoms with Crippen molar-refractivity contribution >= 4 is 11.3 Å². The average molecular weight is 246 g/mol. The summed E-state index contributed by atoms with van der Waals surface area (Å²) in [6.45, 7) is 7.33. The number of nitrogens with one attached hydrogen (secondary N) is 1. The quantitative estimate of drug-likeness (QED) is 0.893.